The van der Waals surface area contributed by atoms with Gasteiger partial charge in [-0.2, -0.15) is 5.26 Å². The van der Waals surface area contributed by atoms with E-state index in [-0.39, 0.29) is 11.9 Å². The summed E-state index contributed by atoms with van der Waals surface area (Å²) in [6, 6.07) is 7.85. The lowest BCUT2D eigenvalue weighted by molar-refractivity contribution is -0.124. The maximum Gasteiger partial charge on any atom is 0.245 e. The predicted molar refractivity (Wildman–Crippen MR) is 79.0 cm³/mol. The SMILES string of the molecule is Cc1cccc(C#N)c1N1CCOCC1C(=O)NC1CC1. The highest BCUT2D eigenvalue weighted by Crippen LogP contribution is 2.28. The van der Waals surface area contributed by atoms with Gasteiger partial charge in [0.15, 0.2) is 0 Å². The zero-order chi connectivity index (χ0) is 14.8. The highest BCUT2D eigenvalue weighted by molar-refractivity contribution is 5.87. The van der Waals surface area contributed by atoms with Gasteiger partial charge in [0, 0.05) is 12.6 Å². The lowest BCUT2D eigenvalue weighted by atomic mass is 10.0. The molecule has 1 atom stereocenters. The molecule has 0 aromatic heterocycles. The van der Waals surface area contributed by atoms with Gasteiger partial charge in [-0.15, -0.1) is 0 Å². The van der Waals surface area contributed by atoms with Gasteiger partial charge in [-0.05, 0) is 31.4 Å². The van der Waals surface area contributed by atoms with Crippen LogP contribution in [0.5, 0.6) is 0 Å². The highest BCUT2D eigenvalue weighted by atomic mass is 16.5. The monoisotopic (exact) mass is 285 g/mol. The number of hydrogen-bond donors (Lipinski definition) is 1. The Balaban J connectivity index is 1.90. The lowest BCUT2D eigenvalue weighted by Crippen LogP contribution is -2.54. The van der Waals surface area contributed by atoms with Crippen LogP contribution in [0, 0.1) is 18.3 Å². The Morgan fingerprint density at radius 2 is 2.29 bits per heavy atom. The quantitative estimate of drug-likeness (QED) is 0.910. The Bertz CT molecular complexity index is 590. The number of para-hydroxylation sites is 1. The summed E-state index contributed by atoms with van der Waals surface area (Å²) in [6.45, 7) is 3.55. The van der Waals surface area contributed by atoms with Gasteiger partial charge < -0.3 is 15.0 Å². The van der Waals surface area contributed by atoms with Gasteiger partial charge in [-0.3, -0.25) is 4.79 Å². The van der Waals surface area contributed by atoms with E-state index >= 15 is 0 Å². The molecule has 3 rings (SSSR count). The molecule has 1 aromatic carbocycles. The summed E-state index contributed by atoms with van der Waals surface area (Å²) in [5.41, 5.74) is 2.49. The third-order valence-electron chi connectivity index (χ3n) is 4.00. The van der Waals surface area contributed by atoms with Crippen molar-refractivity contribution in [3.63, 3.8) is 0 Å². The van der Waals surface area contributed by atoms with Crippen LogP contribution in [0.15, 0.2) is 18.2 Å². The number of rotatable bonds is 3. The van der Waals surface area contributed by atoms with Crippen molar-refractivity contribution in [2.24, 2.45) is 0 Å². The normalized spacial score (nSPS) is 21.7. The molecule has 1 saturated carbocycles. The van der Waals surface area contributed by atoms with Crippen LogP contribution in [0.25, 0.3) is 0 Å². The van der Waals surface area contributed by atoms with Gasteiger partial charge in [-0.25, -0.2) is 0 Å². The van der Waals surface area contributed by atoms with Crippen LogP contribution in [0.1, 0.15) is 24.0 Å². The second kappa shape index (κ2) is 5.74. The molecule has 1 N–H and O–H groups in total. The summed E-state index contributed by atoms with van der Waals surface area (Å²) >= 11 is 0. The zero-order valence-electron chi connectivity index (χ0n) is 12.1. The second-order valence-electron chi connectivity index (χ2n) is 5.65. The molecule has 110 valence electrons. The third kappa shape index (κ3) is 2.86. The van der Waals surface area contributed by atoms with E-state index in [9.17, 15) is 10.1 Å². The van der Waals surface area contributed by atoms with Crippen LogP contribution in [0.3, 0.4) is 0 Å². The fourth-order valence-electron chi connectivity index (χ4n) is 2.74. The molecule has 5 nitrogen and oxygen atoms in total. The molecule has 0 bridgehead atoms. The van der Waals surface area contributed by atoms with Crippen molar-refractivity contribution in [2.75, 3.05) is 24.7 Å². The molecule has 1 unspecified atom stereocenters. The van der Waals surface area contributed by atoms with E-state index in [1.807, 2.05) is 24.0 Å². The minimum absolute atomic E-state index is 0.00402. The van der Waals surface area contributed by atoms with Gasteiger partial charge >= 0.3 is 0 Å². The second-order valence-corrected chi connectivity index (χ2v) is 5.65. The average Bonchev–Trinajstić information content (AvgIpc) is 3.31. The Hall–Kier alpha value is -2.06. The first kappa shape index (κ1) is 13.9. The van der Waals surface area contributed by atoms with Gasteiger partial charge in [-0.1, -0.05) is 12.1 Å². The molecule has 1 aromatic rings. The smallest absolute Gasteiger partial charge is 0.245 e. The fraction of sp³-hybridized carbons (Fsp3) is 0.500. The molecule has 1 saturated heterocycles. The van der Waals surface area contributed by atoms with E-state index < -0.39 is 0 Å². The van der Waals surface area contributed by atoms with Crippen LogP contribution < -0.4 is 10.2 Å². The number of nitriles is 1. The van der Waals surface area contributed by atoms with Crippen LogP contribution in [0.2, 0.25) is 0 Å². The molecule has 1 amide bonds. The van der Waals surface area contributed by atoms with E-state index in [0.717, 1.165) is 24.1 Å². The summed E-state index contributed by atoms with van der Waals surface area (Å²) < 4.78 is 5.48. The topological polar surface area (TPSA) is 65.4 Å². The molecule has 1 aliphatic carbocycles. The molecule has 5 heteroatoms. The highest BCUT2D eigenvalue weighted by Gasteiger charge is 2.34. The molecule has 1 aliphatic heterocycles. The summed E-state index contributed by atoms with van der Waals surface area (Å²) in [5.74, 6) is 0.00402. The molecular formula is C16H19N3O2. The Morgan fingerprint density at radius 3 is 3.00 bits per heavy atom. The summed E-state index contributed by atoms with van der Waals surface area (Å²) in [6.07, 6.45) is 2.13. The van der Waals surface area contributed by atoms with Crippen molar-refractivity contribution in [3.8, 4) is 6.07 Å². The van der Waals surface area contributed by atoms with Gasteiger partial charge in [0.25, 0.3) is 0 Å². The number of amides is 1. The third-order valence-corrected chi connectivity index (χ3v) is 4.00. The maximum absolute atomic E-state index is 12.4. The van der Waals surface area contributed by atoms with Crippen molar-refractivity contribution in [1.29, 1.82) is 5.26 Å². The molecule has 0 spiro atoms. The molecule has 0 radical (unpaired) electrons. The number of hydrogen-bond acceptors (Lipinski definition) is 4. The van der Waals surface area contributed by atoms with E-state index in [1.165, 1.54) is 0 Å². The van der Waals surface area contributed by atoms with Crippen molar-refractivity contribution in [1.82, 2.24) is 5.32 Å². The Kier molecular flexibility index (Phi) is 3.80. The number of aryl methyl sites for hydroxylation is 1. The number of anilines is 1. The number of nitrogens with one attached hydrogen (secondary N) is 1. The van der Waals surface area contributed by atoms with Crippen molar-refractivity contribution in [2.45, 2.75) is 31.8 Å². The van der Waals surface area contributed by atoms with Crippen LogP contribution in [-0.2, 0) is 9.53 Å². The number of carbonyl (C=O) groups excluding carboxylic acids is 1. The van der Waals surface area contributed by atoms with E-state index in [0.29, 0.717) is 31.4 Å². The van der Waals surface area contributed by atoms with Gasteiger partial charge in [0.2, 0.25) is 5.91 Å². The summed E-state index contributed by atoms with van der Waals surface area (Å²) in [4.78, 5) is 14.5. The minimum atomic E-state index is -0.354. The summed E-state index contributed by atoms with van der Waals surface area (Å²) in [5, 5.41) is 12.4. The maximum atomic E-state index is 12.4. The first-order valence-electron chi connectivity index (χ1n) is 7.35. The first-order chi connectivity index (χ1) is 10.2. The number of carbonyl (C=O) groups is 1. The standard InChI is InChI=1S/C16H19N3O2/c1-11-3-2-4-12(9-17)15(11)19-7-8-21-10-14(19)16(20)18-13-5-6-13/h2-4,13-14H,5-8,10H2,1H3,(H,18,20). The predicted octanol–water partition coefficient (Wildman–Crippen LogP) is 1.35. The largest absolute Gasteiger partial charge is 0.377 e. The van der Waals surface area contributed by atoms with Crippen molar-refractivity contribution >= 4 is 11.6 Å². The van der Waals surface area contributed by atoms with E-state index in [1.54, 1.807) is 6.07 Å². The lowest BCUT2D eigenvalue weighted by Gasteiger charge is -2.37. The zero-order valence-corrected chi connectivity index (χ0v) is 12.1. The average molecular weight is 285 g/mol. The van der Waals surface area contributed by atoms with Gasteiger partial charge in [0.1, 0.15) is 12.1 Å². The molecular weight excluding hydrogens is 266 g/mol. The van der Waals surface area contributed by atoms with Crippen molar-refractivity contribution in [3.05, 3.63) is 29.3 Å². The molecule has 2 aliphatic rings. The van der Waals surface area contributed by atoms with E-state index in [4.69, 9.17) is 4.74 Å². The number of ether oxygens (including phenoxy) is 1. The molecule has 2 fully saturated rings. The van der Waals surface area contributed by atoms with Crippen LogP contribution in [0.4, 0.5) is 5.69 Å². The Labute approximate surface area is 124 Å². The minimum Gasteiger partial charge on any atom is -0.377 e. The number of benzene rings is 1. The first-order valence-corrected chi connectivity index (χ1v) is 7.35. The number of morpholine rings is 1. The van der Waals surface area contributed by atoms with Gasteiger partial charge in [0.05, 0.1) is 24.5 Å². The van der Waals surface area contributed by atoms with Crippen LogP contribution >= 0.6 is 0 Å². The summed E-state index contributed by atoms with van der Waals surface area (Å²) in [7, 11) is 0. The fourth-order valence-corrected chi connectivity index (χ4v) is 2.74. The molecule has 1 heterocycles. The van der Waals surface area contributed by atoms with Crippen molar-refractivity contribution < 1.29 is 9.53 Å². The molecule has 21 heavy (non-hydrogen) atoms. The van der Waals surface area contributed by atoms with Crippen LogP contribution in [-0.4, -0.2) is 37.7 Å². The van der Waals surface area contributed by atoms with E-state index in [2.05, 4.69) is 11.4 Å². The number of nitrogens with zero attached hydrogens (tertiary/aromatic N) is 2. The Morgan fingerprint density at radius 1 is 1.48 bits per heavy atom.